The zero-order valence-electron chi connectivity index (χ0n) is 14.9. The van der Waals surface area contributed by atoms with E-state index < -0.39 is 15.8 Å². The monoisotopic (exact) mass is 420 g/mol. The fourth-order valence-corrected chi connectivity index (χ4v) is 5.07. The molecule has 0 atom stereocenters. The molecule has 0 radical (unpaired) electrons. The minimum atomic E-state index is -3.72. The number of rotatable bonds is 4. The van der Waals surface area contributed by atoms with Crippen LogP contribution in [0.25, 0.3) is 10.9 Å². The molecular weight excluding hydrogens is 403 g/mol. The largest absolute Gasteiger partial charge is 0.488 e. The molecule has 1 aliphatic heterocycles. The van der Waals surface area contributed by atoms with Crippen LogP contribution in [-0.4, -0.2) is 36.9 Å². The van der Waals surface area contributed by atoms with Crippen LogP contribution < -0.4 is 4.74 Å². The Morgan fingerprint density at radius 3 is 2.61 bits per heavy atom. The quantitative estimate of drug-likeness (QED) is 0.632. The number of halogens is 2. The predicted molar refractivity (Wildman–Crippen MR) is 106 cm³/mol. The number of benzene rings is 2. The van der Waals surface area contributed by atoms with Crippen LogP contribution in [0, 0.1) is 5.82 Å². The van der Waals surface area contributed by atoms with E-state index >= 15 is 0 Å². The van der Waals surface area contributed by atoms with Crippen LogP contribution in [0.1, 0.15) is 12.8 Å². The van der Waals surface area contributed by atoms with E-state index in [1.807, 2.05) is 30.3 Å². The molecular formula is C20H18ClFN2O3S. The highest BCUT2D eigenvalue weighted by Crippen LogP contribution is 2.28. The van der Waals surface area contributed by atoms with Gasteiger partial charge in [-0.15, -0.1) is 0 Å². The van der Waals surface area contributed by atoms with E-state index in [0.29, 0.717) is 31.7 Å². The van der Waals surface area contributed by atoms with Crippen LogP contribution in [0.4, 0.5) is 4.39 Å². The molecule has 0 N–H and O–H groups in total. The second kappa shape index (κ2) is 7.66. The van der Waals surface area contributed by atoms with E-state index in [1.165, 1.54) is 10.4 Å². The van der Waals surface area contributed by atoms with Crippen molar-refractivity contribution in [2.45, 2.75) is 23.8 Å². The highest BCUT2D eigenvalue weighted by Gasteiger charge is 2.30. The number of fused-ring (bicyclic) bond motifs is 1. The molecule has 146 valence electrons. The second-order valence-corrected chi connectivity index (χ2v) is 8.97. The summed E-state index contributed by atoms with van der Waals surface area (Å²) in [5.74, 6) is 0.0566. The van der Waals surface area contributed by atoms with Crippen molar-refractivity contribution in [2.24, 2.45) is 0 Å². The first-order valence-corrected chi connectivity index (χ1v) is 10.7. The van der Waals surface area contributed by atoms with Gasteiger partial charge in [-0.1, -0.05) is 29.8 Å². The van der Waals surface area contributed by atoms with Crippen LogP contribution in [-0.2, 0) is 10.0 Å². The van der Waals surface area contributed by atoms with Gasteiger partial charge in [0.2, 0.25) is 10.0 Å². The number of aromatic nitrogens is 1. The third kappa shape index (κ3) is 3.70. The number of para-hydroxylation sites is 1. The molecule has 1 aliphatic rings. The number of sulfonamides is 1. The van der Waals surface area contributed by atoms with Crippen molar-refractivity contribution in [3.63, 3.8) is 0 Å². The summed E-state index contributed by atoms with van der Waals surface area (Å²) in [4.78, 5) is 4.38. The molecule has 5 nitrogen and oxygen atoms in total. The summed E-state index contributed by atoms with van der Waals surface area (Å²) >= 11 is 5.74. The summed E-state index contributed by atoms with van der Waals surface area (Å²) < 4.78 is 46.4. The van der Waals surface area contributed by atoms with E-state index in [4.69, 9.17) is 16.3 Å². The van der Waals surface area contributed by atoms with Gasteiger partial charge in [-0.2, -0.15) is 4.31 Å². The predicted octanol–water partition coefficient (Wildman–Crippen LogP) is 4.26. The van der Waals surface area contributed by atoms with Gasteiger partial charge in [-0.25, -0.2) is 12.8 Å². The lowest BCUT2D eigenvalue weighted by Gasteiger charge is -2.31. The zero-order valence-corrected chi connectivity index (χ0v) is 16.5. The number of hydrogen-bond donors (Lipinski definition) is 0. The Kier molecular flexibility index (Phi) is 5.23. The third-order valence-electron chi connectivity index (χ3n) is 4.82. The van der Waals surface area contributed by atoms with Crippen molar-refractivity contribution in [2.75, 3.05) is 13.1 Å². The molecule has 0 unspecified atom stereocenters. The molecule has 2 heterocycles. The summed E-state index contributed by atoms with van der Waals surface area (Å²) in [6.07, 6.45) is 2.73. The van der Waals surface area contributed by atoms with Crippen molar-refractivity contribution in [3.05, 3.63) is 65.6 Å². The lowest BCUT2D eigenvalue weighted by molar-refractivity contribution is 0.136. The van der Waals surface area contributed by atoms with Gasteiger partial charge < -0.3 is 4.74 Å². The van der Waals surface area contributed by atoms with E-state index in [9.17, 15) is 12.8 Å². The summed E-state index contributed by atoms with van der Waals surface area (Å²) in [5, 5.41) is 0.788. The van der Waals surface area contributed by atoms with E-state index in [-0.39, 0.29) is 16.0 Å². The zero-order chi connectivity index (χ0) is 19.7. The summed E-state index contributed by atoms with van der Waals surface area (Å²) in [6.45, 7) is 0.639. The van der Waals surface area contributed by atoms with Crippen LogP contribution in [0.3, 0.4) is 0 Å². The Morgan fingerprint density at radius 1 is 1.11 bits per heavy atom. The third-order valence-corrected chi connectivity index (χ3v) is 7.00. The fourth-order valence-electron chi connectivity index (χ4n) is 3.33. The molecule has 0 spiro atoms. The van der Waals surface area contributed by atoms with Gasteiger partial charge in [-0.3, -0.25) is 4.98 Å². The number of pyridine rings is 1. The van der Waals surface area contributed by atoms with Gasteiger partial charge in [-0.05, 0) is 43.2 Å². The van der Waals surface area contributed by atoms with Crippen LogP contribution in [0.5, 0.6) is 5.75 Å². The van der Waals surface area contributed by atoms with Crippen molar-refractivity contribution in [1.82, 2.24) is 9.29 Å². The Labute approximate surface area is 167 Å². The highest BCUT2D eigenvalue weighted by molar-refractivity contribution is 7.89. The number of ether oxygens (including phenoxy) is 1. The molecule has 1 saturated heterocycles. The number of hydrogen-bond acceptors (Lipinski definition) is 4. The normalized spacial score (nSPS) is 16.4. The average Bonchev–Trinajstić information content (AvgIpc) is 2.71. The Bertz CT molecular complexity index is 1110. The number of piperidine rings is 1. The molecule has 0 saturated carbocycles. The van der Waals surface area contributed by atoms with Crippen molar-refractivity contribution >= 4 is 32.5 Å². The van der Waals surface area contributed by atoms with Gasteiger partial charge in [0.1, 0.15) is 23.2 Å². The minimum absolute atomic E-state index is 0.00322. The first-order valence-electron chi connectivity index (χ1n) is 8.91. The van der Waals surface area contributed by atoms with Gasteiger partial charge >= 0.3 is 0 Å². The molecule has 4 rings (SSSR count). The van der Waals surface area contributed by atoms with Gasteiger partial charge in [0.05, 0.1) is 9.92 Å². The van der Waals surface area contributed by atoms with Gasteiger partial charge in [0, 0.05) is 24.7 Å². The maximum absolute atomic E-state index is 13.3. The van der Waals surface area contributed by atoms with E-state index in [2.05, 4.69) is 4.98 Å². The topological polar surface area (TPSA) is 59.5 Å². The Balaban J connectivity index is 1.46. The second-order valence-electron chi connectivity index (χ2n) is 6.63. The summed E-state index contributed by atoms with van der Waals surface area (Å²) in [5.41, 5.74) is 0.793. The van der Waals surface area contributed by atoms with Crippen molar-refractivity contribution < 1.29 is 17.5 Å². The van der Waals surface area contributed by atoms with E-state index in [0.717, 1.165) is 23.0 Å². The first kappa shape index (κ1) is 19.1. The van der Waals surface area contributed by atoms with Crippen LogP contribution in [0.15, 0.2) is 59.6 Å². The molecule has 28 heavy (non-hydrogen) atoms. The van der Waals surface area contributed by atoms with Crippen LogP contribution >= 0.6 is 11.6 Å². The molecule has 1 aromatic heterocycles. The molecule has 0 aliphatic carbocycles. The molecule has 1 fully saturated rings. The Morgan fingerprint density at radius 2 is 1.86 bits per heavy atom. The first-order chi connectivity index (χ1) is 13.4. The SMILES string of the molecule is O=S(=O)(c1ccc(F)c(Cl)c1)N1CCC(Oc2cccc3cccnc23)CC1. The van der Waals surface area contributed by atoms with Crippen LogP contribution in [0.2, 0.25) is 5.02 Å². The Hall–Kier alpha value is -2.22. The lowest BCUT2D eigenvalue weighted by Crippen LogP contribution is -2.41. The average molecular weight is 421 g/mol. The standard InChI is InChI=1S/C20H18ClFN2O3S/c21-17-13-16(6-7-18(17)22)28(25,26)24-11-8-15(9-12-24)27-19-5-1-3-14-4-2-10-23-20(14)19/h1-7,10,13,15H,8-9,11-12H2. The molecule has 0 amide bonds. The van der Waals surface area contributed by atoms with E-state index in [1.54, 1.807) is 6.20 Å². The highest BCUT2D eigenvalue weighted by atomic mass is 35.5. The van der Waals surface area contributed by atoms with Gasteiger partial charge in [0.15, 0.2) is 0 Å². The fraction of sp³-hybridized carbons (Fsp3) is 0.250. The molecule has 3 aromatic rings. The maximum Gasteiger partial charge on any atom is 0.243 e. The summed E-state index contributed by atoms with van der Waals surface area (Å²) in [7, 11) is -3.72. The number of nitrogens with zero attached hydrogens (tertiary/aromatic N) is 2. The van der Waals surface area contributed by atoms with Crippen molar-refractivity contribution in [3.8, 4) is 5.75 Å². The lowest BCUT2D eigenvalue weighted by atomic mass is 10.1. The van der Waals surface area contributed by atoms with Gasteiger partial charge in [0.25, 0.3) is 0 Å². The smallest absolute Gasteiger partial charge is 0.243 e. The molecule has 0 bridgehead atoms. The maximum atomic E-state index is 13.3. The molecule has 2 aromatic carbocycles. The summed E-state index contributed by atoms with van der Waals surface area (Å²) in [6, 6.07) is 13.1. The molecule has 8 heteroatoms. The van der Waals surface area contributed by atoms with Crippen molar-refractivity contribution in [1.29, 1.82) is 0 Å². The minimum Gasteiger partial charge on any atom is -0.488 e.